The van der Waals surface area contributed by atoms with E-state index in [1.54, 1.807) is 7.11 Å². The molecule has 0 amide bonds. The second kappa shape index (κ2) is 7.29. The molecular formula is C16H22O4. The maximum atomic E-state index is 11.8. The third-order valence-corrected chi connectivity index (χ3v) is 3.88. The number of hydrogen-bond acceptors (Lipinski definition) is 4. The van der Waals surface area contributed by atoms with Gasteiger partial charge in [-0.05, 0) is 36.5 Å². The first-order chi connectivity index (χ1) is 9.70. The molecule has 0 bridgehead atoms. The van der Waals surface area contributed by atoms with Crippen LogP contribution in [0.1, 0.15) is 37.7 Å². The molecule has 4 nitrogen and oxygen atoms in total. The van der Waals surface area contributed by atoms with Crippen LogP contribution in [0.2, 0.25) is 0 Å². The van der Waals surface area contributed by atoms with Gasteiger partial charge in [0, 0.05) is 0 Å². The van der Waals surface area contributed by atoms with Gasteiger partial charge in [0.2, 0.25) is 0 Å². The molecule has 1 aliphatic rings. The molecule has 0 radical (unpaired) electrons. The lowest BCUT2D eigenvalue weighted by Crippen LogP contribution is -2.32. The average molecular weight is 278 g/mol. The predicted octanol–water partition coefficient (Wildman–Crippen LogP) is 2.68. The zero-order valence-corrected chi connectivity index (χ0v) is 11.9. The lowest BCUT2D eigenvalue weighted by Gasteiger charge is -2.25. The van der Waals surface area contributed by atoms with Crippen molar-refractivity contribution >= 4 is 5.97 Å². The SMILES string of the molecule is COc1ccc(COC(=O)C(O)C2CCCCC2)cc1. The minimum Gasteiger partial charge on any atom is -0.497 e. The number of carbonyl (C=O) groups is 1. The largest absolute Gasteiger partial charge is 0.497 e. The highest BCUT2D eigenvalue weighted by atomic mass is 16.5. The molecule has 1 atom stereocenters. The molecule has 0 spiro atoms. The monoisotopic (exact) mass is 278 g/mol. The van der Waals surface area contributed by atoms with Gasteiger partial charge < -0.3 is 14.6 Å². The molecular weight excluding hydrogens is 256 g/mol. The van der Waals surface area contributed by atoms with Crippen molar-refractivity contribution in [3.63, 3.8) is 0 Å². The third kappa shape index (κ3) is 3.97. The fraction of sp³-hybridized carbons (Fsp3) is 0.562. The van der Waals surface area contributed by atoms with E-state index in [1.165, 1.54) is 6.42 Å². The Kier molecular flexibility index (Phi) is 5.41. The summed E-state index contributed by atoms with van der Waals surface area (Å²) in [5.41, 5.74) is 0.884. The van der Waals surface area contributed by atoms with Gasteiger partial charge in [0.15, 0.2) is 6.10 Å². The summed E-state index contributed by atoms with van der Waals surface area (Å²) in [5, 5.41) is 10.0. The highest BCUT2D eigenvalue weighted by molar-refractivity contribution is 5.74. The zero-order valence-electron chi connectivity index (χ0n) is 11.9. The van der Waals surface area contributed by atoms with Crippen LogP contribution >= 0.6 is 0 Å². The number of esters is 1. The Morgan fingerprint density at radius 2 is 1.90 bits per heavy atom. The van der Waals surface area contributed by atoms with Crippen LogP contribution in [-0.4, -0.2) is 24.3 Å². The molecule has 20 heavy (non-hydrogen) atoms. The number of rotatable bonds is 5. The van der Waals surface area contributed by atoms with E-state index < -0.39 is 12.1 Å². The average Bonchev–Trinajstić information content (AvgIpc) is 2.53. The van der Waals surface area contributed by atoms with E-state index in [0.717, 1.165) is 37.0 Å². The Labute approximate surface area is 119 Å². The van der Waals surface area contributed by atoms with E-state index in [-0.39, 0.29) is 12.5 Å². The van der Waals surface area contributed by atoms with Gasteiger partial charge in [-0.25, -0.2) is 4.79 Å². The van der Waals surface area contributed by atoms with E-state index in [4.69, 9.17) is 9.47 Å². The molecule has 1 N–H and O–H groups in total. The van der Waals surface area contributed by atoms with Crippen molar-refractivity contribution in [3.05, 3.63) is 29.8 Å². The van der Waals surface area contributed by atoms with Crippen LogP contribution < -0.4 is 4.74 Å². The molecule has 0 saturated heterocycles. The number of benzene rings is 1. The van der Waals surface area contributed by atoms with Crippen molar-refractivity contribution in [2.75, 3.05) is 7.11 Å². The molecule has 0 aromatic heterocycles. The van der Waals surface area contributed by atoms with Crippen LogP contribution in [0.5, 0.6) is 5.75 Å². The zero-order chi connectivity index (χ0) is 14.4. The molecule has 110 valence electrons. The second-order valence-corrected chi connectivity index (χ2v) is 5.30. The van der Waals surface area contributed by atoms with Crippen LogP contribution in [-0.2, 0) is 16.1 Å². The minimum absolute atomic E-state index is 0.0621. The van der Waals surface area contributed by atoms with Gasteiger partial charge in [0.05, 0.1) is 7.11 Å². The maximum Gasteiger partial charge on any atom is 0.335 e. The number of ether oxygens (including phenoxy) is 2. The molecule has 4 heteroatoms. The Hall–Kier alpha value is -1.55. The first-order valence-corrected chi connectivity index (χ1v) is 7.18. The highest BCUT2D eigenvalue weighted by Crippen LogP contribution is 2.27. The molecule has 1 fully saturated rings. The second-order valence-electron chi connectivity index (χ2n) is 5.30. The van der Waals surface area contributed by atoms with Crippen molar-refractivity contribution in [3.8, 4) is 5.75 Å². The highest BCUT2D eigenvalue weighted by Gasteiger charge is 2.28. The van der Waals surface area contributed by atoms with Gasteiger partial charge in [0.1, 0.15) is 12.4 Å². The molecule has 0 heterocycles. The van der Waals surface area contributed by atoms with Crippen LogP contribution in [0.25, 0.3) is 0 Å². The number of aliphatic hydroxyl groups is 1. The van der Waals surface area contributed by atoms with Crippen molar-refractivity contribution in [1.82, 2.24) is 0 Å². The summed E-state index contributed by atoms with van der Waals surface area (Å²) in [6, 6.07) is 7.33. The summed E-state index contributed by atoms with van der Waals surface area (Å²) >= 11 is 0. The molecule has 2 rings (SSSR count). The summed E-state index contributed by atoms with van der Waals surface area (Å²) in [5.74, 6) is 0.321. The quantitative estimate of drug-likeness (QED) is 0.841. The standard InChI is InChI=1S/C16H22O4/c1-19-14-9-7-12(8-10-14)11-20-16(18)15(17)13-5-3-2-4-6-13/h7-10,13,15,17H,2-6,11H2,1H3. The predicted molar refractivity (Wildman–Crippen MR) is 75.4 cm³/mol. The van der Waals surface area contributed by atoms with Crippen LogP contribution in [0.15, 0.2) is 24.3 Å². The fourth-order valence-corrected chi connectivity index (χ4v) is 2.60. The van der Waals surface area contributed by atoms with Crippen molar-refractivity contribution in [2.24, 2.45) is 5.92 Å². The molecule has 1 aromatic rings. The van der Waals surface area contributed by atoms with E-state index in [1.807, 2.05) is 24.3 Å². The lowest BCUT2D eigenvalue weighted by molar-refractivity contribution is -0.158. The molecule has 1 aliphatic carbocycles. The molecule has 1 aromatic carbocycles. The van der Waals surface area contributed by atoms with Gasteiger partial charge in [-0.15, -0.1) is 0 Å². The van der Waals surface area contributed by atoms with E-state index in [2.05, 4.69) is 0 Å². The third-order valence-electron chi connectivity index (χ3n) is 3.88. The number of carbonyl (C=O) groups excluding carboxylic acids is 1. The Morgan fingerprint density at radius 3 is 2.50 bits per heavy atom. The van der Waals surface area contributed by atoms with E-state index >= 15 is 0 Å². The Balaban J connectivity index is 1.81. The molecule has 1 saturated carbocycles. The van der Waals surface area contributed by atoms with Crippen LogP contribution in [0, 0.1) is 5.92 Å². The lowest BCUT2D eigenvalue weighted by atomic mass is 9.85. The number of aliphatic hydroxyl groups excluding tert-OH is 1. The van der Waals surface area contributed by atoms with Crippen molar-refractivity contribution in [1.29, 1.82) is 0 Å². The van der Waals surface area contributed by atoms with E-state index in [9.17, 15) is 9.90 Å². The van der Waals surface area contributed by atoms with Gasteiger partial charge in [0.25, 0.3) is 0 Å². The van der Waals surface area contributed by atoms with Gasteiger partial charge in [-0.1, -0.05) is 31.4 Å². The van der Waals surface area contributed by atoms with Gasteiger partial charge >= 0.3 is 5.97 Å². The minimum atomic E-state index is -0.978. The Bertz CT molecular complexity index is 421. The Morgan fingerprint density at radius 1 is 1.25 bits per heavy atom. The van der Waals surface area contributed by atoms with E-state index in [0.29, 0.717) is 0 Å². The van der Waals surface area contributed by atoms with Crippen LogP contribution in [0.3, 0.4) is 0 Å². The molecule has 1 unspecified atom stereocenters. The first-order valence-electron chi connectivity index (χ1n) is 7.18. The number of hydrogen-bond donors (Lipinski definition) is 1. The summed E-state index contributed by atoms with van der Waals surface area (Å²) < 4.78 is 10.3. The number of methoxy groups -OCH3 is 1. The molecule has 0 aliphatic heterocycles. The topological polar surface area (TPSA) is 55.8 Å². The van der Waals surface area contributed by atoms with Crippen molar-refractivity contribution < 1.29 is 19.4 Å². The van der Waals surface area contributed by atoms with Crippen molar-refractivity contribution in [2.45, 2.75) is 44.8 Å². The summed E-state index contributed by atoms with van der Waals surface area (Å²) in [7, 11) is 1.61. The summed E-state index contributed by atoms with van der Waals surface area (Å²) in [4.78, 5) is 11.8. The smallest absolute Gasteiger partial charge is 0.335 e. The fourth-order valence-electron chi connectivity index (χ4n) is 2.60. The summed E-state index contributed by atoms with van der Waals surface area (Å²) in [6.07, 6.45) is 4.23. The van der Waals surface area contributed by atoms with Gasteiger partial charge in [-0.2, -0.15) is 0 Å². The normalized spacial score (nSPS) is 17.5. The first kappa shape index (κ1) is 14.9. The maximum absolute atomic E-state index is 11.8. The van der Waals surface area contributed by atoms with Gasteiger partial charge in [-0.3, -0.25) is 0 Å². The summed E-state index contributed by atoms with van der Waals surface area (Å²) in [6.45, 7) is 0.187. The van der Waals surface area contributed by atoms with Crippen LogP contribution in [0.4, 0.5) is 0 Å².